The van der Waals surface area contributed by atoms with E-state index in [9.17, 15) is 24.5 Å². The van der Waals surface area contributed by atoms with Gasteiger partial charge in [0, 0.05) is 29.1 Å². The lowest BCUT2D eigenvalue weighted by atomic mass is 10.0. The van der Waals surface area contributed by atoms with E-state index in [1.54, 1.807) is 13.8 Å². The number of nitro benzene ring substituents is 1. The lowest BCUT2D eigenvalue weighted by Crippen LogP contribution is -2.45. The maximum Gasteiger partial charge on any atom is 0.336 e. The van der Waals surface area contributed by atoms with Crippen LogP contribution in [-0.2, 0) is 29.0 Å². The number of non-ortho nitro benzene ring substituents is 1. The molecule has 0 saturated carbocycles. The standard InChI is InChI=1S/C25H23ClN2O7/c1-13(2)23(27-24(30)19-11-17(28(32)33)6-7-20(19)26)25(31)34-12-16-10-22(29)35-21-9-15-5-3-4-14(15)8-18(16)21/h6-11,13,23H,3-5,12H2,1-2H3,(H,27,30)/t23-/m0/s1. The lowest BCUT2D eigenvalue weighted by molar-refractivity contribution is -0.384. The van der Waals surface area contributed by atoms with Crippen LogP contribution in [0, 0.1) is 16.0 Å². The van der Waals surface area contributed by atoms with Crippen molar-refractivity contribution in [3.63, 3.8) is 0 Å². The average Bonchev–Trinajstić information content (AvgIpc) is 3.26. The number of hydrogen-bond donors (Lipinski definition) is 1. The number of rotatable bonds is 7. The highest BCUT2D eigenvalue weighted by Crippen LogP contribution is 2.29. The Labute approximate surface area is 205 Å². The summed E-state index contributed by atoms with van der Waals surface area (Å²) in [6, 6.07) is 7.56. The normalized spacial score (nSPS) is 13.5. The molecule has 182 valence electrons. The molecule has 0 radical (unpaired) electrons. The van der Waals surface area contributed by atoms with Crippen LogP contribution in [0.4, 0.5) is 5.69 Å². The molecule has 1 aliphatic rings. The Hall–Kier alpha value is -3.72. The largest absolute Gasteiger partial charge is 0.459 e. The molecule has 35 heavy (non-hydrogen) atoms. The maximum absolute atomic E-state index is 12.9. The van der Waals surface area contributed by atoms with Gasteiger partial charge in [-0.1, -0.05) is 25.4 Å². The van der Waals surface area contributed by atoms with Crippen LogP contribution in [0.5, 0.6) is 0 Å². The summed E-state index contributed by atoms with van der Waals surface area (Å²) < 4.78 is 10.8. The number of carbonyl (C=O) groups excluding carboxylic acids is 2. The highest BCUT2D eigenvalue weighted by molar-refractivity contribution is 6.34. The third kappa shape index (κ3) is 5.19. The summed E-state index contributed by atoms with van der Waals surface area (Å²) in [6.45, 7) is 3.25. The Bertz CT molecular complexity index is 1400. The quantitative estimate of drug-likeness (QED) is 0.222. The van der Waals surface area contributed by atoms with Crippen LogP contribution in [0.3, 0.4) is 0 Å². The number of amides is 1. The van der Waals surface area contributed by atoms with E-state index in [4.69, 9.17) is 20.8 Å². The zero-order valence-corrected chi connectivity index (χ0v) is 19.9. The van der Waals surface area contributed by atoms with Gasteiger partial charge in [-0.05, 0) is 54.5 Å². The van der Waals surface area contributed by atoms with Gasteiger partial charge in [-0.3, -0.25) is 14.9 Å². The van der Waals surface area contributed by atoms with E-state index in [2.05, 4.69) is 5.32 Å². The zero-order chi connectivity index (χ0) is 25.3. The highest BCUT2D eigenvalue weighted by atomic mass is 35.5. The van der Waals surface area contributed by atoms with Gasteiger partial charge in [0.05, 0.1) is 15.5 Å². The number of ether oxygens (including phenoxy) is 1. The molecule has 2 aromatic carbocycles. The number of nitrogens with one attached hydrogen (secondary N) is 1. The van der Waals surface area contributed by atoms with Crippen LogP contribution in [-0.4, -0.2) is 22.8 Å². The molecule has 10 heteroatoms. The number of hydrogen-bond acceptors (Lipinski definition) is 7. The summed E-state index contributed by atoms with van der Waals surface area (Å²) in [5.41, 5.74) is 2.31. The Morgan fingerprint density at radius 1 is 1.17 bits per heavy atom. The first-order valence-electron chi connectivity index (χ1n) is 11.1. The van der Waals surface area contributed by atoms with Gasteiger partial charge >= 0.3 is 11.6 Å². The van der Waals surface area contributed by atoms with E-state index in [-0.39, 0.29) is 28.8 Å². The summed E-state index contributed by atoms with van der Waals surface area (Å²) in [4.78, 5) is 48.2. The van der Waals surface area contributed by atoms with Gasteiger partial charge in [0.2, 0.25) is 0 Å². The van der Waals surface area contributed by atoms with Crippen molar-refractivity contribution < 1.29 is 23.7 Å². The number of fused-ring (bicyclic) bond motifs is 2. The van der Waals surface area contributed by atoms with E-state index in [1.165, 1.54) is 23.8 Å². The Morgan fingerprint density at radius 3 is 2.57 bits per heavy atom. The Kier molecular flexibility index (Phi) is 6.88. The van der Waals surface area contributed by atoms with Crippen LogP contribution in [0.1, 0.15) is 47.3 Å². The summed E-state index contributed by atoms with van der Waals surface area (Å²) in [7, 11) is 0. The average molecular weight is 499 g/mol. The molecule has 0 bridgehead atoms. The molecular weight excluding hydrogens is 476 g/mol. The van der Waals surface area contributed by atoms with E-state index in [0.717, 1.165) is 30.9 Å². The second-order valence-electron chi connectivity index (χ2n) is 8.79. The molecular formula is C25H23ClN2O7. The predicted octanol–water partition coefficient (Wildman–Crippen LogP) is 4.34. The van der Waals surface area contributed by atoms with Crippen molar-refractivity contribution in [1.29, 1.82) is 0 Å². The number of nitro groups is 1. The molecule has 9 nitrogen and oxygen atoms in total. The number of aryl methyl sites for hydroxylation is 2. The van der Waals surface area contributed by atoms with Gasteiger partial charge in [-0.25, -0.2) is 9.59 Å². The summed E-state index contributed by atoms with van der Waals surface area (Å²) in [6.07, 6.45) is 2.90. The van der Waals surface area contributed by atoms with Gasteiger partial charge in [0.1, 0.15) is 18.2 Å². The van der Waals surface area contributed by atoms with Crippen molar-refractivity contribution in [1.82, 2.24) is 5.32 Å². The van der Waals surface area contributed by atoms with Gasteiger partial charge in [-0.2, -0.15) is 0 Å². The molecule has 0 unspecified atom stereocenters. The van der Waals surface area contributed by atoms with Crippen molar-refractivity contribution in [3.8, 4) is 0 Å². The molecule has 1 heterocycles. The van der Waals surface area contributed by atoms with E-state index in [1.807, 2.05) is 12.1 Å². The summed E-state index contributed by atoms with van der Waals surface area (Å²) in [5, 5.41) is 14.3. The van der Waals surface area contributed by atoms with E-state index >= 15 is 0 Å². The van der Waals surface area contributed by atoms with Crippen molar-refractivity contribution in [3.05, 3.63) is 84.2 Å². The molecule has 0 spiro atoms. The SMILES string of the molecule is CC(C)[C@H](NC(=O)c1cc([N+](=O)[O-])ccc1Cl)C(=O)OCc1cc(=O)oc2cc3c(cc12)CCC3. The fourth-order valence-corrected chi connectivity index (χ4v) is 4.37. The lowest BCUT2D eigenvalue weighted by Gasteiger charge is -2.21. The van der Waals surface area contributed by atoms with Crippen molar-refractivity contribution in [2.24, 2.45) is 5.92 Å². The molecule has 1 N–H and O–H groups in total. The molecule has 0 fully saturated rings. The number of nitrogens with zero attached hydrogens (tertiary/aromatic N) is 1. The molecule has 0 saturated heterocycles. The van der Waals surface area contributed by atoms with Gasteiger partial charge < -0.3 is 14.5 Å². The number of benzene rings is 2. The third-order valence-electron chi connectivity index (χ3n) is 6.03. The Balaban J connectivity index is 1.53. The number of esters is 1. The number of halogens is 1. The van der Waals surface area contributed by atoms with Crippen molar-refractivity contribution >= 4 is 40.1 Å². The number of carbonyl (C=O) groups is 2. The summed E-state index contributed by atoms with van der Waals surface area (Å²) >= 11 is 6.05. The smallest absolute Gasteiger partial charge is 0.336 e. The molecule has 0 aliphatic heterocycles. The zero-order valence-electron chi connectivity index (χ0n) is 19.1. The monoisotopic (exact) mass is 498 g/mol. The predicted molar refractivity (Wildman–Crippen MR) is 129 cm³/mol. The van der Waals surface area contributed by atoms with Crippen LogP contribution in [0.15, 0.2) is 45.6 Å². The second kappa shape index (κ2) is 9.87. The van der Waals surface area contributed by atoms with Gasteiger partial charge in [0.15, 0.2) is 0 Å². The van der Waals surface area contributed by atoms with E-state index < -0.39 is 28.5 Å². The van der Waals surface area contributed by atoms with Crippen LogP contribution in [0.25, 0.3) is 11.0 Å². The first-order valence-corrected chi connectivity index (χ1v) is 11.5. The van der Waals surface area contributed by atoms with Crippen molar-refractivity contribution in [2.45, 2.75) is 45.8 Å². The summed E-state index contributed by atoms with van der Waals surface area (Å²) in [5.74, 6) is -1.81. The van der Waals surface area contributed by atoms with Crippen LogP contribution < -0.4 is 10.9 Å². The minimum atomic E-state index is -1.05. The third-order valence-corrected chi connectivity index (χ3v) is 6.35. The second-order valence-corrected chi connectivity index (χ2v) is 9.19. The first-order chi connectivity index (χ1) is 16.6. The Morgan fingerprint density at radius 2 is 1.89 bits per heavy atom. The molecule has 1 amide bonds. The topological polar surface area (TPSA) is 129 Å². The van der Waals surface area contributed by atoms with E-state index in [0.29, 0.717) is 16.5 Å². The highest BCUT2D eigenvalue weighted by Gasteiger charge is 2.28. The molecule has 3 aromatic rings. The maximum atomic E-state index is 12.9. The van der Waals surface area contributed by atoms with Gasteiger partial charge in [-0.15, -0.1) is 0 Å². The molecule has 1 aromatic heterocycles. The minimum Gasteiger partial charge on any atom is -0.459 e. The first kappa shape index (κ1) is 24.4. The fraction of sp³-hybridized carbons (Fsp3) is 0.320. The molecule has 4 rings (SSSR count). The molecule has 1 aliphatic carbocycles. The van der Waals surface area contributed by atoms with Crippen LogP contribution >= 0.6 is 11.6 Å². The van der Waals surface area contributed by atoms with Crippen LogP contribution in [0.2, 0.25) is 5.02 Å². The minimum absolute atomic E-state index is 0.0130. The molecule has 1 atom stereocenters. The van der Waals surface area contributed by atoms with Gasteiger partial charge in [0.25, 0.3) is 11.6 Å². The fourth-order valence-electron chi connectivity index (χ4n) is 4.17. The van der Waals surface area contributed by atoms with Crippen molar-refractivity contribution in [2.75, 3.05) is 0 Å².